The highest BCUT2D eigenvalue weighted by Crippen LogP contribution is 2.47. The Labute approximate surface area is 138 Å². The Bertz CT molecular complexity index is 337. The van der Waals surface area contributed by atoms with Gasteiger partial charge < -0.3 is 0 Å². The molecule has 2 aliphatic carbocycles. The van der Waals surface area contributed by atoms with E-state index >= 15 is 0 Å². The first kappa shape index (κ1) is 17.8. The molecule has 0 aromatic heterocycles. The third-order valence-electron chi connectivity index (χ3n) is 6.87. The second-order valence-corrected chi connectivity index (χ2v) is 8.23. The van der Waals surface area contributed by atoms with Gasteiger partial charge in [-0.25, -0.2) is 0 Å². The minimum absolute atomic E-state index is 0.0465. The lowest BCUT2D eigenvalue weighted by molar-refractivity contribution is 0.116. The molecule has 0 aromatic rings. The number of nitrogens with zero attached hydrogens (tertiary/aromatic N) is 1. The van der Waals surface area contributed by atoms with Crippen molar-refractivity contribution >= 4 is 0 Å². The van der Waals surface area contributed by atoms with Crippen LogP contribution in [0.3, 0.4) is 0 Å². The highest BCUT2D eigenvalue weighted by atomic mass is 14.4. The third-order valence-corrected chi connectivity index (χ3v) is 6.87. The van der Waals surface area contributed by atoms with E-state index in [1.54, 1.807) is 0 Å². The minimum Gasteiger partial charge on any atom is -0.198 e. The number of hydrogen-bond acceptors (Lipinski definition) is 1. The largest absolute Gasteiger partial charge is 0.198 e. The van der Waals surface area contributed by atoms with Crippen molar-refractivity contribution in [2.24, 2.45) is 23.2 Å². The molecule has 0 spiro atoms. The number of rotatable bonds is 7. The van der Waals surface area contributed by atoms with Crippen molar-refractivity contribution < 1.29 is 0 Å². The summed E-state index contributed by atoms with van der Waals surface area (Å²) in [6, 6.07) is 2.73. The summed E-state index contributed by atoms with van der Waals surface area (Å²) in [7, 11) is 0. The van der Waals surface area contributed by atoms with Gasteiger partial charge in [-0.1, -0.05) is 58.8 Å². The first-order valence-electron chi connectivity index (χ1n) is 10.1. The maximum atomic E-state index is 9.71. The van der Waals surface area contributed by atoms with E-state index in [9.17, 15) is 5.26 Å². The summed E-state index contributed by atoms with van der Waals surface area (Å²) in [6.07, 6.45) is 18.7. The van der Waals surface area contributed by atoms with Gasteiger partial charge in [-0.05, 0) is 62.7 Å². The second kappa shape index (κ2) is 8.95. The van der Waals surface area contributed by atoms with E-state index in [2.05, 4.69) is 19.9 Å². The predicted octanol–water partition coefficient (Wildman–Crippen LogP) is 6.87. The van der Waals surface area contributed by atoms with Gasteiger partial charge in [-0.15, -0.1) is 0 Å². The third kappa shape index (κ3) is 4.74. The molecule has 2 rings (SSSR count). The van der Waals surface area contributed by atoms with Gasteiger partial charge in [0.2, 0.25) is 0 Å². The molecule has 0 radical (unpaired) electrons. The van der Waals surface area contributed by atoms with Gasteiger partial charge in [0.25, 0.3) is 0 Å². The Balaban J connectivity index is 1.75. The van der Waals surface area contributed by atoms with Crippen LogP contribution < -0.4 is 0 Å². The lowest BCUT2D eigenvalue weighted by Crippen LogP contribution is -2.31. The van der Waals surface area contributed by atoms with Gasteiger partial charge in [0, 0.05) is 0 Å². The van der Waals surface area contributed by atoms with Crippen molar-refractivity contribution in [1.82, 2.24) is 0 Å². The molecule has 2 aliphatic rings. The van der Waals surface area contributed by atoms with Crippen LogP contribution in [-0.4, -0.2) is 0 Å². The molecule has 0 unspecified atom stereocenters. The van der Waals surface area contributed by atoms with E-state index in [1.165, 1.54) is 89.9 Å². The summed E-state index contributed by atoms with van der Waals surface area (Å²) < 4.78 is 0. The van der Waals surface area contributed by atoms with Crippen molar-refractivity contribution in [2.45, 2.75) is 104 Å². The minimum atomic E-state index is 0.0465. The molecule has 0 N–H and O–H groups in total. The van der Waals surface area contributed by atoms with Gasteiger partial charge in [0.05, 0.1) is 11.5 Å². The topological polar surface area (TPSA) is 23.8 Å². The van der Waals surface area contributed by atoms with Gasteiger partial charge >= 0.3 is 0 Å². The molecule has 0 heterocycles. The number of hydrogen-bond donors (Lipinski definition) is 0. The molecule has 0 aliphatic heterocycles. The smallest absolute Gasteiger partial charge is 0.0689 e. The summed E-state index contributed by atoms with van der Waals surface area (Å²) in [6.45, 7) is 4.62. The molecular weight excluding hydrogens is 266 g/mol. The maximum Gasteiger partial charge on any atom is 0.0689 e. The van der Waals surface area contributed by atoms with Crippen LogP contribution >= 0.6 is 0 Å². The maximum absolute atomic E-state index is 9.71. The van der Waals surface area contributed by atoms with Crippen molar-refractivity contribution in [1.29, 1.82) is 5.26 Å². The van der Waals surface area contributed by atoms with E-state index < -0.39 is 0 Å². The fourth-order valence-corrected chi connectivity index (χ4v) is 5.04. The quantitative estimate of drug-likeness (QED) is 0.470. The SMILES string of the molecule is CCCCCC[C@]1(C#N)CC[C@@H](C2CCC(CC)CC2)CC1. The fraction of sp³-hybridized carbons (Fsp3) is 0.952. The number of nitriles is 1. The zero-order valence-electron chi connectivity index (χ0n) is 15.1. The van der Waals surface area contributed by atoms with Gasteiger partial charge in [0.1, 0.15) is 0 Å². The van der Waals surface area contributed by atoms with Crippen LogP contribution in [0.15, 0.2) is 0 Å². The zero-order valence-corrected chi connectivity index (χ0v) is 15.1. The van der Waals surface area contributed by atoms with E-state index in [-0.39, 0.29) is 5.41 Å². The van der Waals surface area contributed by atoms with Gasteiger partial charge in [-0.2, -0.15) is 5.26 Å². The summed E-state index contributed by atoms with van der Waals surface area (Å²) in [5, 5.41) is 9.71. The average molecular weight is 304 g/mol. The molecule has 0 atom stereocenters. The standard InChI is InChI=1S/C21H37N/c1-3-5-6-7-14-21(17-22)15-12-20(13-16-21)19-10-8-18(4-2)9-11-19/h18-20H,3-16H2,1-2H3/t18?,19?,20-,21+. The Morgan fingerprint density at radius 2 is 1.50 bits per heavy atom. The van der Waals surface area contributed by atoms with Crippen LogP contribution in [0, 0.1) is 34.5 Å². The zero-order chi connectivity index (χ0) is 15.8. The first-order chi connectivity index (χ1) is 10.7. The van der Waals surface area contributed by atoms with Crippen LogP contribution in [0.5, 0.6) is 0 Å². The molecule has 0 aromatic carbocycles. The van der Waals surface area contributed by atoms with Crippen molar-refractivity contribution in [3.05, 3.63) is 0 Å². The van der Waals surface area contributed by atoms with Crippen LogP contribution in [0.4, 0.5) is 0 Å². The summed E-state index contributed by atoms with van der Waals surface area (Å²) >= 11 is 0. The molecule has 0 amide bonds. The lowest BCUT2D eigenvalue weighted by atomic mass is 9.63. The Hall–Kier alpha value is -0.510. The Morgan fingerprint density at radius 3 is 2.05 bits per heavy atom. The normalized spacial score (nSPS) is 36.0. The van der Waals surface area contributed by atoms with Crippen molar-refractivity contribution in [3.8, 4) is 6.07 Å². The van der Waals surface area contributed by atoms with Gasteiger partial charge in [0.15, 0.2) is 0 Å². The summed E-state index contributed by atoms with van der Waals surface area (Å²) in [5.41, 5.74) is 0.0465. The molecule has 22 heavy (non-hydrogen) atoms. The highest BCUT2D eigenvalue weighted by molar-refractivity contribution is 5.02. The molecule has 126 valence electrons. The monoisotopic (exact) mass is 303 g/mol. The van der Waals surface area contributed by atoms with E-state index in [0.29, 0.717) is 0 Å². The lowest BCUT2D eigenvalue weighted by Gasteiger charge is -2.40. The average Bonchev–Trinajstić information content (AvgIpc) is 2.59. The van der Waals surface area contributed by atoms with Crippen LogP contribution in [0.25, 0.3) is 0 Å². The molecule has 1 nitrogen and oxygen atoms in total. The van der Waals surface area contributed by atoms with E-state index in [0.717, 1.165) is 17.8 Å². The highest BCUT2D eigenvalue weighted by Gasteiger charge is 2.38. The van der Waals surface area contributed by atoms with Crippen LogP contribution in [0.2, 0.25) is 0 Å². The molecule has 2 saturated carbocycles. The Morgan fingerprint density at radius 1 is 0.864 bits per heavy atom. The summed E-state index contributed by atoms with van der Waals surface area (Å²) in [5.74, 6) is 2.94. The van der Waals surface area contributed by atoms with Crippen LogP contribution in [-0.2, 0) is 0 Å². The van der Waals surface area contributed by atoms with E-state index in [4.69, 9.17) is 0 Å². The predicted molar refractivity (Wildman–Crippen MR) is 94.5 cm³/mol. The molecule has 1 heteroatoms. The van der Waals surface area contributed by atoms with Crippen LogP contribution in [0.1, 0.15) is 104 Å². The fourth-order valence-electron chi connectivity index (χ4n) is 5.04. The Kier molecular flexibility index (Phi) is 7.26. The molecule has 2 fully saturated rings. The second-order valence-electron chi connectivity index (χ2n) is 8.23. The number of unbranched alkanes of at least 4 members (excludes halogenated alkanes) is 3. The molecule has 0 bridgehead atoms. The van der Waals surface area contributed by atoms with Crippen molar-refractivity contribution in [3.63, 3.8) is 0 Å². The van der Waals surface area contributed by atoms with E-state index in [1.807, 2.05) is 0 Å². The summed E-state index contributed by atoms with van der Waals surface area (Å²) in [4.78, 5) is 0. The molecule has 0 saturated heterocycles. The van der Waals surface area contributed by atoms with Gasteiger partial charge in [-0.3, -0.25) is 0 Å². The molecular formula is C21H37N. The first-order valence-corrected chi connectivity index (χ1v) is 10.1. The van der Waals surface area contributed by atoms with Crippen molar-refractivity contribution in [2.75, 3.05) is 0 Å².